The number of carbonyl (C=O) groups is 1. The van der Waals surface area contributed by atoms with E-state index in [-0.39, 0.29) is 12.3 Å². The van der Waals surface area contributed by atoms with E-state index in [4.69, 9.17) is 21.1 Å². The van der Waals surface area contributed by atoms with Gasteiger partial charge < -0.3 is 14.8 Å². The number of rotatable bonds is 7. The molecule has 2 aromatic heterocycles. The number of thiazole rings is 1. The van der Waals surface area contributed by atoms with Crippen molar-refractivity contribution in [3.05, 3.63) is 40.0 Å². The quantitative estimate of drug-likeness (QED) is 0.615. The monoisotopic (exact) mass is 420 g/mol. The fourth-order valence-electron chi connectivity index (χ4n) is 2.75. The van der Waals surface area contributed by atoms with E-state index in [0.29, 0.717) is 33.9 Å². The smallest absolute Gasteiger partial charge is 0.228 e. The molecule has 0 spiro atoms. The highest BCUT2D eigenvalue weighted by Gasteiger charge is 2.14. The van der Waals surface area contributed by atoms with Gasteiger partial charge in [0.1, 0.15) is 11.5 Å². The molecule has 1 amide bonds. The third-order valence-electron chi connectivity index (χ3n) is 4.28. The molecule has 0 aliphatic carbocycles. The van der Waals surface area contributed by atoms with E-state index in [0.717, 1.165) is 17.0 Å². The zero-order chi connectivity index (χ0) is 20.3. The van der Waals surface area contributed by atoms with Gasteiger partial charge in [-0.15, -0.1) is 11.3 Å². The van der Waals surface area contributed by atoms with Gasteiger partial charge in [0.2, 0.25) is 5.91 Å². The third kappa shape index (κ3) is 4.28. The molecular weight excluding hydrogens is 400 g/mol. The fraction of sp³-hybridized carbons (Fsp3) is 0.316. The molecule has 0 unspecified atom stereocenters. The first-order valence-corrected chi connectivity index (χ1v) is 9.86. The SMILES string of the molecule is COc1ccc(OC)c(-c2csc(NC(=O)CCn3nc(C)c(Cl)c3C)n2)c1. The van der Waals surface area contributed by atoms with E-state index in [1.54, 1.807) is 18.9 Å². The van der Waals surface area contributed by atoms with Crippen LogP contribution in [-0.4, -0.2) is 34.9 Å². The molecule has 3 rings (SSSR count). The molecule has 0 radical (unpaired) electrons. The van der Waals surface area contributed by atoms with Crippen LogP contribution < -0.4 is 14.8 Å². The Morgan fingerprint density at radius 2 is 2.07 bits per heavy atom. The normalized spacial score (nSPS) is 10.8. The number of hydrogen-bond acceptors (Lipinski definition) is 6. The highest BCUT2D eigenvalue weighted by Crippen LogP contribution is 2.35. The molecule has 0 saturated heterocycles. The molecule has 0 bridgehead atoms. The molecule has 0 fully saturated rings. The van der Waals surface area contributed by atoms with Crippen LogP contribution in [0.5, 0.6) is 11.5 Å². The Labute approximate surface area is 172 Å². The number of halogens is 1. The van der Waals surface area contributed by atoms with Gasteiger partial charge in [0, 0.05) is 17.4 Å². The van der Waals surface area contributed by atoms with Crippen LogP contribution in [0.2, 0.25) is 5.02 Å². The Bertz CT molecular complexity index is 999. The van der Waals surface area contributed by atoms with Gasteiger partial charge >= 0.3 is 0 Å². The minimum Gasteiger partial charge on any atom is -0.497 e. The van der Waals surface area contributed by atoms with Crippen molar-refractivity contribution >= 4 is 34.0 Å². The summed E-state index contributed by atoms with van der Waals surface area (Å²) in [4.78, 5) is 16.8. The largest absolute Gasteiger partial charge is 0.497 e. The predicted molar refractivity (Wildman–Crippen MR) is 111 cm³/mol. The Hall–Kier alpha value is -2.58. The number of methoxy groups -OCH3 is 2. The number of hydrogen-bond donors (Lipinski definition) is 1. The lowest BCUT2D eigenvalue weighted by Gasteiger charge is -2.08. The van der Waals surface area contributed by atoms with Gasteiger partial charge in [0.15, 0.2) is 5.13 Å². The van der Waals surface area contributed by atoms with Crippen LogP contribution in [0.15, 0.2) is 23.6 Å². The number of amides is 1. The van der Waals surface area contributed by atoms with Crippen LogP contribution in [0.4, 0.5) is 5.13 Å². The maximum atomic E-state index is 12.3. The number of anilines is 1. The summed E-state index contributed by atoms with van der Waals surface area (Å²) in [5, 5.41) is 10.2. The first kappa shape index (κ1) is 20.2. The maximum absolute atomic E-state index is 12.3. The lowest BCUT2D eigenvalue weighted by Crippen LogP contribution is -2.15. The molecule has 3 aromatic rings. The molecule has 0 aliphatic rings. The van der Waals surface area contributed by atoms with Crippen molar-refractivity contribution in [2.24, 2.45) is 0 Å². The van der Waals surface area contributed by atoms with E-state index in [2.05, 4.69) is 15.4 Å². The van der Waals surface area contributed by atoms with Crippen molar-refractivity contribution in [3.63, 3.8) is 0 Å². The number of aromatic nitrogens is 3. The fourth-order valence-corrected chi connectivity index (χ4v) is 3.61. The lowest BCUT2D eigenvalue weighted by molar-refractivity contribution is -0.116. The number of benzene rings is 1. The van der Waals surface area contributed by atoms with E-state index in [1.807, 2.05) is 37.4 Å². The van der Waals surface area contributed by atoms with E-state index >= 15 is 0 Å². The van der Waals surface area contributed by atoms with Crippen molar-refractivity contribution in [1.82, 2.24) is 14.8 Å². The Morgan fingerprint density at radius 1 is 1.29 bits per heavy atom. The summed E-state index contributed by atoms with van der Waals surface area (Å²) >= 11 is 7.49. The standard InChI is InChI=1S/C19H21ClN4O3S/c1-11-18(20)12(2)24(23-11)8-7-17(25)22-19-21-15(10-28-19)14-9-13(26-3)5-6-16(14)27-4/h5-6,9-10H,7-8H2,1-4H3,(H,21,22,25). The van der Waals surface area contributed by atoms with E-state index < -0.39 is 0 Å². The zero-order valence-electron chi connectivity index (χ0n) is 16.1. The highest BCUT2D eigenvalue weighted by molar-refractivity contribution is 7.14. The number of carbonyl (C=O) groups excluding carboxylic acids is 1. The van der Waals surface area contributed by atoms with Crippen molar-refractivity contribution in [2.45, 2.75) is 26.8 Å². The van der Waals surface area contributed by atoms with Gasteiger partial charge in [0.05, 0.1) is 42.9 Å². The van der Waals surface area contributed by atoms with Gasteiger partial charge in [-0.3, -0.25) is 9.48 Å². The summed E-state index contributed by atoms with van der Waals surface area (Å²) in [7, 11) is 3.21. The molecule has 1 N–H and O–H groups in total. The van der Waals surface area contributed by atoms with Crippen LogP contribution >= 0.6 is 22.9 Å². The predicted octanol–water partition coefficient (Wildman–Crippen LogP) is 4.32. The molecule has 0 saturated carbocycles. The van der Waals surface area contributed by atoms with Gasteiger partial charge in [-0.2, -0.15) is 5.10 Å². The molecule has 2 heterocycles. The summed E-state index contributed by atoms with van der Waals surface area (Å²) in [6.45, 7) is 4.18. The van der Waals surface area contributed by atoms with Crippen LogP contribution in [0.25, 0.3) is 11.3 Å². The molecule has 148 valence electrons. The van der Waals surface area contributed by atoms with Crippen LogP contribution in [0.1, 0.15) is 17.8 Å². The molecule has 9 heteroatoms. The number of aryl methyl sites for hydroxylation is 2. The summed E-state index contributed by atoms with van der Waals surface area (Å²) < 4.78 is 12.4. The Kier molecular flexibility index (Phi) is 6.21. The maximum Gasteiger partial charge on any atom is 0.228 e. The minimum atomic E-state index is -0.137. The Balaban J connectivity index is 1.67. The highest BCUT2D eigenvalue weighted by atomic mass is 35.5. The van der Waals surface area contributed by atoms with Crippen molar-refractivity contribution in [1.29, 1.82) is 0 Å². The molecular formula is C19H21ClN4O3S. The molecule has 0 aliphatic heterocycles. The zero-order valence-corrected chi connectivity index (χ0v) is 17.6. The first-order chi connectivity index (χ1) is 13.4. The minimum absolute atomic E-state index is 0.137. The molecule has 1 aromatic carbocycles. The number of ether oxygens (including phenoxy) is 2. The van der Waals surface area contributed by atoms with Gasteiger partial charge in [-0.1, -0.05) is 11.6 Å². The lowest BCUT2D eigenvalue weighted by atomic mass is 10.1. The first-order valence-electron chi connectivity index (χ1n) is 8.60. The van der Waals surface area contributed by atoms with Crippen LogP contribution in [0.3, 0.4) is 0 Å². The molecule has 7 nitrogen and oxygen atoms in total. The van der Waals surface area contributed by atoms with Crippen molar-refractivity contribution < 1.29 is 14.3 Å². The van der Waals surface area contributed by atoms with Gasteiger partial charge in [-0.25, -0.2) is 4.98 Å². The second-order valence-electron chi connectivity index (χ2n) is 6.11. The second kappa shape index (κ2) is 8.62. The summed E-state index contributed by atoms with van der Waals surface area (Å²) in [6.07, 6.45) is 0.273. The van der Waals surface area contributed by atoms with E-state index in [9.17, 15) is 4.79 Å². The van der Waals surface area contributed by atoms with Gasteiger partial charge in [0.25, 0.3) is 0 Å². The number of nitrogens with one attached hydrogen (secondary N) is 1. The summed E-state index contributed by atoms with van der Waals surface area (Å²) in [5.74, 6) is 1.26. The van der Waals surface area contributed by atoms with Gasteiger partial charge in [-0.05, 0) is 32.0 Å². The van der Waals surface area contributed by atoms with E-state index in [1.165, 1.54) is 11.3 Å². The third-order valence-corrected chi connectivity index (χ3v) is 5.58. The molecule has 0 atom stereocenters. The summed E-state index contributed by atoms with van der Waals surface area (Å²) in [5.41, 5.74) is 3.13. The molecule has 28 heavy (non-hydrogen) atoms. The summed E-state index contributed by atoms with van der Waals surface area (Å²) in [6, 6.07) is 5.50. The van der Waals surface area contributed by atoms with Crippen molar-refractivity contribution in [3.8, 4) is 22.8 Å². The Morgan fingerprint density at radius 3 is 2.71 bits per heavy atom. The van der Waals surface area contributed by atoms with Crippen molar-refractivity contribution in [2.75, 3.05) is 19.5 Å². The topological polar surface area (TPSA) is 78.3 Å². The second-order valence-corrected chi connectivity index (χ2v) is 7.35. The average Bonchev–Trinajstić information content (AvgIpc) is 3.26. The number of nitrogens with zero attached hydrogens (tertiary/aromatic N) is 3. The van der Waals surface area contributed by atoms with Crippen LogP contribution in [0, 0.1) is 13.8 Å². The van der Waals surface area contributed by atoms with Crippen LogP contribution in [-0.2, 0) is 11.3 Å². The average molecular weight is 421 g/mol.